The molecule has 5 nitrogen and oxygen atoms in total. The first kappa shape index (κ1) is 28.2. The van der Waals surface area contributed by atoms with Crippen LogP contribution < -0.4 is 16.4 Å². The van der Waals surface area contributed by atoms with Crippen molar-refractivity contribution in [2.75, 3.05) is 13.1 Å². The van der Waals surface area contributed by atoms with Crippen molar-refractivity contribution in [1.29, 1.82) is 0 Å². The van der Waals surface area contributed by atoms with Crippen molar-refractivity contribution in [3.63, 3.8) is 0 Å². The molecule has 0 aromatic heterocycles. The third kappa shape index (κ3) is 11.7. The van der Waals surface area contributed by atoms with Crippen molar-refractivity contribution < 1.29 is 9.59 Å². The summed E-state index contributed by atoms with van der Waals surface area (Å²) in [7, 11) is 0. The van der Waals surface area contributed by atoms with Gasteiger partial charge in [0.2, 0.25) is 11.8 Å². The van der Waals surface area contributed by atoms with Crippen LogP contribution in [0.1, 0.15) is 110 Å². The first-order valence-electron chi connectivity index (χ1n) is 12.3. The zero-order valence-electron chi connectivity index (χ0n) is 21.4. The number of carbonyl (C=O) groups is 2. The molecule has 1 aromatic rings. The minimum atomic E-state index is 0.0452. The lowest BCUT2D eigenvalue weighted by Crippen LogP contribution is -2.25. The molecule has 5 heteroatoms. The third-order valence-electron chi connectivity index (χ3n) is 5.73. The lowest BCUT2D eigenvalue weighted by molar-refractivity contribution is -0.123. The predicted molar refractivity (Wildman–Crippen MR) is 135 cm³/mol. The van der Waals surface area contributed by atoms with Crippen molar-refractivity contribution >= 4 is 11.8 Å². The molecular weight excluding hydrogens is 398 g/mol. The molecule has 0 bridgehead atoms. The van der Waals surface area contributed by atoms with Gasteiger partial charge in [-0.25, -0.2) is 0 Å². The van der Waals surface area contributed by atoms with Gasteiger partial charge in [0.25, 0.3) is 0 Å². The van der Waals surface area contributed by atoms with E-state index < -0.39 is 0 Å². The number of rotatable bonds is 13. The summed E-state index contributed by atoms with van der Waals surface area (Å²) in [6.45, 7) is 15.3. The van der Waals surface area contributed by atoms with Gasteiger partial charge in [0.15, 0.2) is 0 Å². The Kier molecular flexibility index (Phi) is 12.0. The predicted octanol–water partition coefficient (Wildman–Crippen LogP) is 5.09. The van der Waals surface area contributed by atoms with Gasteiger partial charge in [-0.3, -0.25) is 9.59 Å². The van der Waals surface area contributed by atoms with Crippen molar-refractivity contribution in [3.8, 4) is 0 Å². The van der Waals surface area contributed by atoms with Gasteiger partial charge in [-0.15, -0.1) is 0 Å². The van der Waals surface area contributed by atoms with Crippen LogP contribution in [0, 0.1) is 0 Å². The van der Waals surface area contributed by atoms with E-state index in [1.54, 1.807) is 0 Å². The standard InChI is InChI=1S/C27H47N3O2/c1-26(2,3)22-17-21(18-23(19-22)27(4,5)6)20-30-25(32)14-10-9-13-24(31)29-16-12-8-7-11-15-28/h17-19H,7-16,20,28H2,1-6H3,(H,29,31)(H,30,32). The third-order valence-corrected chi connectivity index (χ3v) is 5.73. The summed E-state index contributed by atoms with van der Waals surface area (Å²) in [6.07, 6.45) is 6.69. The highest BCUT2D eigenvalue weighted by molar-refractivity contribution is 5.77. The number of hydrogen-bond acceptors (Lipinski definition) is 3. The van der Waals surface area contributed by atoms with Gasteiger partial charge in [-0.1, -0.05) is 72.6 Å². The van der Waals surface area contributed by atoms with Crippen LogP contribution in [0.25, 0.3) is 0 Å². The molecule has 0 saturated heterocycles. The fourth-order valence-electron chi connectivity index (χ4n) is 3.46. The fraction of sp³-hybridized carbons (Fsp3) is 0.704. The van der Waals surface area contributed by atoms with Crippen LogP contribution >= 0.6 is 0 Å². The molecule has 0 saturated carbocycles. The van der Waals surface area contributed by atoms with E-state index in [0.717, 1.165) is 57.2 Å². The molecule has 0 spiro atoms. The van der Waals surface area contributed by atoms with E-state index in [-0.39, 0.29) is 22.6 Å². The largest absolute Gasteiger partial charge is 0.356 e. The molecule has 0 aliphatic rings. The van der Waals surface area contributed by atoms with Crippen LogP contribution in [0.3, 0.4) is 0 Å². The maximum atomic E-state index is 12.3. The second-order valence-electron chi connectivity index (χ2n) is 11.0. The normalized spacial score (nSPS) is 12.0. The molecule has 2 amide bonds. The van der Waals surface area contributed by atoms with Gasteiger partial charge in [0, 0.05) is 25.9 Å². The van der Waals surface area contributed by atoms with Gasteiger partial charge in [-0.2, -0.15) is 0 Å². The number of benzene rings is 1. The quantitative estimate of drug-likeness (QED) is 0.370. The van der Waals surface area contributed by atoms with Crippen molar-refractivity contribution in [1.82, 2.24) is 10.6 Å². The summed E-state index contributed by atoms with van der Waals surface area (Å²) in [5.74, 6) is 0.127. The molecule has 32 heavy (non-hydrogen) atoms. The number of nitrogens with one attached hydrogen (secondary N) is 2. The Morgan fingerprint density at radius 3 is 1.72 bits per heavy atom. The molecule has 0 heterocycles. The van der Waals surface area contributed by atoms with Gasteiger partial charge in [0.05, 0.1) is 0 Å². The Bertz CT molecular complexity index is 682. The van der Waals surface area contributed by atoms with Crippen molar-refractivity contribution in [3.05, 3.63) is 34.9 Å². The molecule has 0 radical (unpaired) electrons. The van der Waals surface area contributed by atoms with E-state index in [0.29, 0.717) is 19.4 Å². The number of carbonyl (C=O) groups excluding carboxylic acids is 2. The van der Waals surface area contributed by atoms with E-state index in [9.17, 15) is 9.59 Å². The summed E-state index contributed by atoms with van der Waals surface area (Å²) >= 11 is 0. The monoisotopic (exact) mass is 445 g/mol. The fourth-order valence-corrected chi connectivity index (χ4v) is 3.46. The second-order valence-corrected chi connectivity index (χ2v) is 11.0. The maximum absolute atomic E-state index is 12.3. The smallest absolute Gasteiger partial charge is 0.220 e. The lowest BCUT2D eigenvalue weighted by atomic mass is 9.79. The summed E-state index contributed by atoms with van der Waals surface area (Å²) in [5.41, 5.74) is 9.32. The van der Waals surface area contributed by atoms with Gasteiger partial charge in [0.1, 0.15) is 0 Å². The molecule has 4 N–H and O–H groups in total. The minimum absolute atomic E-state index is 0.0452. The van der Waals surface area contributed by atoms with Crippen LogP contribution in [-0.4, -0.2) is 24.9 Å². The summed E-state index contributed by atoms with van der Waals surface area (Å²) in [6, 6.07) is 6.70. The van der Waals surface area contributed by atoms with Crippen LogP contribution in [0.5, 0.6) is 0 Å². The molecule has 0 unspecified atom stereocenters. The number of unbranched alkanes of at least 4 members (excludes halogenated alkanes) is 4. The van der Waals surface area contributed by atoms with Gasteiger partial charge in [-0.05, 0) is 59.7 Å². The Labute approximate surface area is 196 Å². The summed E-state index contributed by atoms with van der Waals surface area (Å²) in [4.78, 5) is 24.2. The minimum Gasteiger partial charge on any atom is -0.356 e. The van der Waals surface area contributed by atoms with Crippen LogP contribution in [0.2, 0.25) is 0 Å². The molecule has 0 aliphatic heterocycles. The van der Waals surface area contributed by atoms with Gasteiger partial charge >= 0.3 is 0 Å². The zero-order valence-corrected chi connectivity index (χ0v) is 21.4. The second kappa shape index (κ2) is 13.6. The van der Waals surface area contributed by atoms with Crippen molar-refractivity contribution in [2.24, 2.45) is 5.73 Å². The molecule has 182 valence electrons. The maximum Gasteiger partial charge on any atom is 0.220 e. The average molecular weight is 446 g/mol. The first-order chi connectivity index (χ1) is 14.9. The highest BCUT2D eigenvalue weighted by Crippen LogP contribution is 2.30. The topological polar surface area (TPSA) is 84.2 Å². The highest BCUT2D eigenvalue weighted by atomic mass is 16.2. The van der Waals surface area contributed by atoms with Crippen LogP contribution in [0.15, 0.2) is 18.2 Å². The molecule has 0 aliphatic carbocycles. The highest BCUT2D eigenvalue weighted by Gasteiger charge is 2.20. The Hall–Kier alpha value is -1.88. The number of nitrogens with two attached hydrogens (primary N) is 1. The number of amides is 2. The molecule has 1 rings (SSSR count). The molecule has 0 atom stereocenters. The van der Waals surface area contributed by atoms with E-state index in [2.05, 4.69) is 70.4 Å². The van der Waals surface area contributed by atoms with Crippen LogP contribution in [0.4, 0.5) is 0 Å². The SMILES string of the molecule is CC(C)(C)c1cc(CNC(=O)CCCCC(=O)NCCCCCCN)cc(C(C)(C)C)c1. The van der Waals surface area contributed by atoms with Crippen molar-refractivity contribution in [2.45, 2.75) is 110 Å². The Morgan fingerprint density at radius 2 is 1.22 bits per heavy atom. The Morgan fingerprint density at radius 1 is 0.719 bits per heavy atom. The van der Waals surface area contributed by atoms with E-state index in [1.807, 2.05) is 0 Å². The summed E-state index contributed by atoms with van der Waals surface area (Å²) in [5, 5.41) is 6.01. The average Bonchev–Trinajstić information content (AvgIpc) is 2.70. The molecule has 0 fully saturated rings. The summed E-state index contributed by atoms with van der Waals surface area (Å²) < 4.78 is 0. The van der Waals surface area contributed by atoms with E-state index in [4.69, 9.17) is 5.73 Å². The zero-order chi connectivity index (χ0) is 24.2. The number of hydrogen-bond donors (Lipinski definition) is 3. The first-order valence-corrected chi connectivity index (χ1v) is 12.3. The van der Waals surface area contributed by atoms with Gasteiger partial charge < -0.3 is 16.4 Å². The Balaban J connectivity index is 2.37. The van der Waals surface area contributed by atoms with E-state index >= 15 is 0 Å². The van der Waals surface area contributed by atoms with Crippen LogP contribution in [-0.2, 0) is 27.0 Å². The van der Waals surface area contributed by atoms with E-state index in [1.165, 1.54) is 11.1 Å². The lowest BCUT2D eigenvalue weighted by Gasteiger charge is -2.26. The molecule has 1 aromatic carbocycles. The molecular formula is C27H47N3O2.